The summed E-state index contributed by atoms with van der Waals surface area (Å²) in [7, 11) is 1.66. The minimum atomic E-state index is -0.599. The Morgan fingerprint density at radius 2 is 1.86 bits per heavy atom. The smallest absolute Gasteiger partial charge is 0.408 e. The highest BCUT2D eigenvalue weighted by Crippen LogP contribution is 2.48. The summed E-state index contributed by atoms with van der Waals surface area (Å²) in [6.45, 7) is 7.52. The predicted molar refractivity (Wildman–Crippen MR) is 174 cm³/mol. The molecule has 11 nitrogen and oxygen atoms in total. The van der Waals surface area contributed by atoms with Gasteiger partial charge in [-0.15, -0.1) is 0 Å². The second kappa shape index (κ2) is 10.8. The van der Waals surface area contributed by atoms with E-state index in [0.717, 1.165) is 49.0 Å². The number of nitrogens with one attached hydrogen (secondary N) is 1. The van der Waals surface area contributed by atoms with Gasteiger partial charge in [0.2, 0.25) is 5.95 Å². The third-order valence-corrected chi connectivity index (χ3v) is 9.04. The summed E-state index contributed by atoms with van der Waals surface area (Å²) in [4.78, 5) is 25.1. The van der Waals surface area contributed by atoms with Gasteiger partial charge in [0, 0.05) is 43.9 Å². The number of carbonyl (C=O) groups is 1. The molecule has 1 N–H and O–H groups in total. The van der Waals surface area contributed by atoms with E-state index in [0.29, 0.717) is 32.5 Å². The number of nitrogens with zero attached hydrogens (tertiary/aromatic N) is 6. The first kappa shape index (κ1) is 28.7. The number of amides is 1. The van der Waals surface area contributed by atoms with Gasteiger partial charge in [-0.05, 0) is 67.1 Å². The van der Waals surface area contributed by atoms with E-state index in [4.69, 9.17) is 29.3 Å². The number of piperidine rings is 1. The Kier molecular flexibility index (Phi) is 7.06. The topological polar surface area (TPSA) is 108 Å². The van der Waals surface area contributed by atoms with Gasteiger partial charge >= 0.3 is 6.09 Å². The lowest BCUT2D eigenvalue weighted by atomic mass is 9.82. The predicted octanol–water partition coefficient (Wildman–Crippen LogP) is 5.74. The molecule has 0 saturated carbocycles. The molecule has 7 rings (SSSR count). The van der Waals surface area contributed by atoms with Crippen LogP contribution >= 0.6 is 22.6 Å². The molecule has 5 aromatic rings. The fourth-order valence-corrected chi connectivity index (χ4v) is 6.99. The van der Waals surface area contributed by atoms with Crippen molar-refractivity contribution in [1.29, 1.82) is 0 Å². The molecule has 5 heterocycles. The van der Waals surface area contributed by atoms with E-state index in [1.54, 1.807) is 13.3 Å². The van der Waals surface area contributed by atoms with E-state index >= 15 is 0 Å². The van der Waals surface area contributed by atoms with Gasteiger partial charge < -0.3 is 24.4 Å². The van der Waals surface area contributed by atoms with E-state index in [1.807, 2.05) is 84.6 Å². The zero-order valence-corrected chi connectivity index (χ0v) is 27.2. The summed E-state index contributed by atoms with van der Waals surface area (Å²) < 4.78 is 22.5. The van der Waals surface area contributed by atoms with Crippen LogP contribution in [0.3, 0.4) is 0 Å². The third kappa shape index (κ3) is 5.08. The normalized spacial score (nSPS) is 17.6. The van der Waals surface area contributed by atoms with Crippen molar-refractivity contribution in [2.24, 2.45) is 0 Å². The summed E-state index contributed by atoms with van der Waals surface area (Å²) in [6, 6.07) is 15.6. The lowest BCUT2D eigenvalue weighted by Gasteiger charge is -2.42. The number of halogens is 1. The van der Waals surface area contributed by atoms with Gasteiger partial charge in [-0.1, -0.05) is 30.3 Å². The fraction of sp³-hybridized carbons (Fsp3) is 0.375. The first-order valence-electron chi connectivity index (χ1n) is 14.7. The van der Waals surface area contributed by atoms with Crippen LogP contribution in [0, 0.1) is 3.70 Å². The van der Waals surface area contributed by atoms with Crippen LogP contribution in [0.4, 0.5) is 10.7 Å². The third-order valence-electron chi connectivity index (χ3n) is 8.28. The number of rotatable bonds is 5. The number of para-hydroxylation sites is 1. The van der Waals surface area contributed by atoms with Crippen LogP contribution in [0.25, 0.3) is 16.7 Å². The number of hydrogen-bond acceptors (Lipinski definition) is 8. The number of ether oxygens (including phenoxy) is 3. The van der Waals surface area contributed by atoms with E-state index < -0.39 is 17.3 Å². The molecule has 3 aromatic heterocycles. The molecule has 0 radical (unpaired) electrons. The molecule has 0 unspecified atom stereocenters. The van der Waals surface area contributed by atoms with Crippen molar-refractivity contribution in [2.45, 2.75) is 57.4 Å². The van der Waals surface area contributed by atoms with Gasteiger partial charge in [-0.3, -0.25) is 4.40 Å². The lowest BCUT2D eigenvalue weighted by molar-refractivity contribution is 0.0148. The van der Waals surface area contributed by atoms with Crippen LogP contribution in [0.1, 0.15) is 50.8 Å². The van der Waals surface area contributed by atoms with Crippen molar-refractivity contribution in [1.82, 2.24) is 29.5 Å². The zero-order valence-electron chi connectivity index (χ0n) is 25.1. The maximum atomic E-state index is 12.9. The number of methoxy groups -OCH3 is 1. The van der Waals surface area contributed by atoms with Crippen LogP contribution in [0.2, 0.25) is 0 Å². The van der Waals surface area contributed by atoms with Gasteiger partial charge in [0.15, 0.2) is 11.3 Å². The molecular formula is C32H34IN7O4. The average Bonchev–Trinajstić information content (AvgIpc) is 3.68. The molecule has 1 spiro atoms. The Labute approximate surface area is 268 Å². The first-order chi connectivity index (χ1) is 21.1. The van der Waals surface area contributed by atoms with Crippen molar-refractivity contribution in [2.75, 3.05) is 25.1 Å². The van der Waals surface area contributed by atoms with Crippen LogP contribution < -0.4 is 19.7 Å². The largest absolute Gasteiger partial charge is 0.497 e. The summed E-state index contributed by atoms with van der Waals surface area (Å²) >= 11 is 2.27. The summed E-state index contributed by atoms with van der Waals surface area (Å²) in [6.07, 6.45) is 4.67. The monoisotopic (exact) mass is 707 g/mol. The van der Waals surface area contributed by atoms with Crippen LogP contribution in [-0.2, 0) is 11.3 Å². The maximum absolute atomic E-state index is 12.9. The zero-order chi connectivity index (χ0) is 30.6. The van der Waals surface area contributed by atoms with Crippen LogP contribution in [-0.4, -0.2) is 61.6 Å². The maximum Gasteiger partial charge on any atom is 0.408 e. The minimum absolute atomic E-state index is 0.327. The molecule has 1 saturated heterocycles. The number of benzene rings is 2. The number of anilines is 1. The van der Waals surface area contributed by atoms with E-state index in [-0.39, 0.29) is 6.04 Å². The van der Waals surface area contributed by atoms with Crippen molar-refractivity contribution < 1.29 is 19.0 Å². The molecule has 2 aliphatic heterocycles. The summed E-state index contributed by atoms with van der Waals surface area (Å²) in [5.41, 5.74) is 2.48. The molecule has 1 fully saturated rings. The van der Waals surface area contributed by atoms with E-state index in [9.17, 15) is 4.79 Å². The molecule has 0 aliphatic carbocycles. The Balaban J connectivity index is 1.19. The molecule has 1 atom stereocenters. The summed E-state index contributed by atoms with van der Waals surface area (Å²) in [5, 5.41) is 8.92. The van der Waals surface area contributed by atoms with Crippen molar-refractivity contribution in [3.8, 4) is 11.5 Å². The molecule has 2 aromatic carbocycles. The number of imidazole rings is 1. The number of hydrogen-bond donors (Lipinski definition) is 1. The standard InChI is InChI=1S/C32H34IN7O4/c1-31(2,3)44-30(41)35-25-22-7-5-6-8-23(22)43-32(25)13-16-38(17-14-32)29-36-28-24(27-34-15-18-39(27)29)26(33)37-40(28)19-20-9-11-21(42-4)12-10-20/h5-12,15,18,25H,13-14,16-17,19H2,1-4H3,(H,35,41)/t25-/m1/s1. The second-order valence-corrected chi connectivity index (χ2v) is 13.3. The lowest BCUT2D eigenvalue weighted by Crippen LogP contribution is -2.54. The molecule has 2 aliphatic rings. The Bertz CT molecular complexity index is 1850. The summed E-state index contributed by atoms with van der Waals surface area (Å²) in [5.74, 6) is 2.42. The Hall–Kier alpha value is -4.07. The highest BCUT2D eigenvalue weighted by atomic mass is 127. The van der Waals surface area contributed by atoms with Gasteiger partial charge in [0.25, 0.3) is 0 Å². The van der Waals surface area contributed by atoms with Crippen molar-refractivity contribution in [3.05, 3.63) is 75.8 Å². The minimum Gasteiger partial charge on any atom is -0.497 e. The fourth-order valence-electron chi connectivity index (χ4n) is 6.25. The number of aromatic nitrogens is 5. The van der Waals surface area contributed by atoms with Crippen LogP contribution in [0.5, 0.6) is 11.5 Å². The van der Waals surface area contributed by atoms with Crippen molar-refractivity contribution >= 4 is 51.3 Å². The number of fused-ring (bicyclic) bond motifs is 4. The quantitative estimate of drug-likeness (QED) is 0.231. The van der Waals surface area contributed by atoms with E-state index in [1.165, 1.54) is 0 Å². The van der Waals surface area contributed by atoms with Gasteiger partial charge in [-0.2, -0.15) is 10.1 Å². The first-order valence-corrected chi connectivity index (χ1v) is 15.8. The Morgan fingerprint density at radius 1 is 1.11 bits per heavy atom. The van der Waals surface area contributed by atoms with Gasteiger partial charge in [0.1, 0.15) is 32.4 Å². The Morgan fingerprint density at radius 3 is 2.59 bits per heavy atom. The highest BCUT2D eigenvalue weighted by molar-refractivity contribution is 14.1. The van der Waals surface area contributed by atoms with Gasteiger partial charge in [-0.25, -0.2) is 14.5 Å². The second-order valence-electron chi connectivity index (χ2n) is 12.3. The molecule has 0 bridgehead atoms. The SMILES string of the molecule is COc1ccc(Cn2nc(I)c3c2nc(N2CCC4(CC2)Oc2ccccc2[C@H]4NC(=O)OC(C)(C)C)n2ccnc32)cc1. The molecule has 12 heteroatoms. The number of alkyl carbamates (subject to hydrolysis) is 1. The molecule has 228 valence electrons. The van der Waals surface area contributed by atoms with Gasteiger partial charge in [0.05, 0.1) is 19.0 Å². The average molecular weight is 708 g/mol. The molecular weight excluding hydrogens is 673 g/mol. The molecule has 1 amide bonds. The number of carbonyl (C=O) groups excluding carboxylic acids is 1. The molecule has 44 heavy (non-hydrogen) atoms. The van der Waals surface area contributed by atoms with E-state index in [2.05, 4.69) is 32.8 Å². The highest BCUT2D eigenvalue weighted by Gasteiger charge is 2.51. The van der Waals surface area contributed by atoms with Crippen LogP contribution in [0.15, 0.2) is 60.9 Å². The van der Waals surface area contributed by atoms with Crippen molar-refractivity contribution in [3.63, 3.8) is 0 Å².